The predicted molar refractivity (Wildman–Crippen MR) is 159 cm³/mol. The minimum absolute atomic E-state index is 0.00129. The maximum Gasteiger partial charge on any atom is 0.426 e. The third-order valence-electron chi connectivity index (χ3n) is 6.46. The fourth-order valence-electron chi connectivity index (χ4n) is 4.63. The number of halogens is 3. The molecule has 0 saturated carbocycles. The Balaban J connectivity index is 2.02. The largest absolute Gasteiger partial charge is 0.449 e. The topological polar surface area (TPSA) is 142 Å². The monoisotopic (exact) mass is 645 g/mol. The summed E-state index contributed by atoms with van der Waals surface area (Å²) in [6.45, 7) is 5.29. The second-order valence-electron chi connectivity index (χ2n) is 9.30. The van der Waals surface area contributed by atoms with Crippen molar-refractivity contribution in [3.8, 4) is 0 Å². The molecule has 0 aliphatic carbocycles. The molecule has 2 aromatic heterocycles. The fourth-order valence-corrected chi connectivity index (χ4v) is 4.63. The normalized spacial score (nSPS) is 11.3. The molecule has 0 N–H and O–H groups in total. The number of imide groups is 2. The standard InChI is InChI=1S/C30H30F3N5O8/c1-5-43-26(39)37(27(40)44-6-2)24-23-19-15-16-36(17-18-11-9-10-12-20(18)30(31,32)33)22(19)14-13-21(23)34-25(35-24)38(28(41)45-7-3)29(42)46-8-4/h9-16H,5-8,17H2,1-4H3. The van der Waals surface area contributed by atoms with Gasteiger partial charge in [-0.25, -0.2) is 24.2 Å². The molecule has 4 aromatic rings. The Morgan fingerprint density at radius 3 is 1.83 bits per heavy atom. The first-order valence-corrected chi connectivity index (χ1v) is 14.2. The van der Waals surface area contributed by atoms with Crippen molar-refractivity contribution >= 4 is 57.9 Å². The molecule has 13 nitrogen and oxygen atoms in total. The third kappa shape index (κ3) is 6.79. The smallest absolute Gasteiger partial charge is 0.426 e. The Morgan fingerprint density at radius 1 is 0.739 bits per heavy atom. The quantitative estimate of drug-likeness (QED) is 0.186. The van der Waals surface area contributed by atoms with Crippen molar-refractivity contribution < 1.29 is 51.3 Å². The Hall–Kier alpha value is -5.41. The first kappa shape index (κ1) is 33.5. The van der Waals surface area contributed by atoms with Gasteiger partial charge in [0, 0.05) is 23.6 Å². The molecule has 46 heavy (non-hydrogen) atoms. The van der Waals surface area contributed by atoms with Crippen molar-refractivity contribution in [2.24, 2.45) is 0 Å². The SMILES string of the molecule is CCOC(=O)N(C(=O)OCC)c1nc(N(C(=O)OCC)C(=O)OCC)c2c(ccc3c2ccn3Cc2ccccc2C(F)(F)F)n1. The number of hydrogen-bond acceptors (Lipinski definition) is 10. The molecule has 0 fully saturated rings. The van der Waals surface area contributed by atoms with Crippen LogP contribution in [0.1, 0.15) is 38.8 Å². The van der Waals surface area contributed by atoms with Gasteiger partial charge >= 0.3 is 30.5 Å². The molecule has 0 unspecified atom stereocenters. The van der Waals surface area contributed by atoms with E-state index in [9.17, 15) is 32.3 Å². The lowest BCUT2D eigenvalue weighted by molar-refractivity contribution is -0.138. The summed E-state index contributed by atoms with van der Waals surface area (Å²) in [5.74, 6) is -1.04. The van der Waals surface area contributed by atoms with Gasteiger partial charge in [-0.05, 0) is 57.5 Å². The van der Waals surface area contributed by atoms with Crippen LogP contribution in [0.15, 0.2) is 48.7 Å². The molecule has 0 aliphatic heterocycles. The van der Waals surface area contributed by atoms with Gasteiger partial charge in [-0.15, -0.1) is 4.90 Å². The van der Waals surface area contributed by atoms with Crippen molar-refractivity contribution in [3.05, 3.63) is 59.8 Å². The molecule has 0 saturated heterocycles. The van der Waals surface area contributed by atoms with E-state index < -0.39 is 47.9 Å². The minimum atomic E-state index is -4.59. The van der Waals surface area contributed by atoms with E-state index in [1.165, 1.54) is 58.2 Å². The number of rotatable bonds is 8. The number of hydrogen-bond donors (Lipinski definition) is 0. The Morgan fingerprint density at radius 2 is 1.28 bits per heavy atom. The second-order valence-corrected chi connectivity index (χ2v) is 9.30. The van der Waals surface area contributed by atoms with E-state index in [1.54, 1.807) is 16.7 Å². The molecule has 0 spiro atoms. The van der Waals surface area contributed by atoms with Crippen LogP contribution in [0.5, 0.6) is 0 Å². The third-order valence-corrected chi connectivity index (χ3v) is 6.46. The van der Waals surface area contributed by atoms with E-state index in [4.69, 9.17) is 18.9 Å². The van der Waals surface area contributed by atoms with E-state index in [2.05, 4.69) is 9.97 Å². The second kappa shape index (κ2) is 14.1. The van der Waals surface area contributed by atoms with Gasteiger partial charge in [0.15, 0.2) is 5.82 Å². The molecular weight excluding hydrogens is 615 g/mol. The number of benzene rings is 2. The average molecular weight is 646 g/mol. The van der Waals surface area contributed by atoms with Crippen LogP contribution in [-0.2, 0) is 31.7 Å². The van der Waals surface area contributed by atoms with Crippen molar-refractivity contribution in [2.45, 2.75) is 40.4 Å². The first-order valence-electron chi connectivity index (χ1n) is 14.2. The van der Waals surface area contributed by atoms with Crippen LogP contribution in [0, 0.1) is 0 Å². The summed E-state index contributed by atoms with van der Waals surface area (Å²) in [7, 11) is 0. The molecule has 0 aliphatic rings. The number of anilines is 2. The maximum absolute atomic E-state index is 13.7. The Labute approximate surface area is 260 Å². The van der Waals surface area contributed by atoms with Crippen LogP contribution < -0.4 is 9.80 Å². The summed E-state index contributed by atoms with van der Waals surface area (Å²) in [4.78, 5) is 61.7. The molecule has 244 valence electrons. The van der Waals surface area contributed by atoms with Gasteiger partial charge in [0.05, 0.1) is 42.9 Å². The van der Waals surface area contributed by atoms with Gasteiger partial charge < -0.3 is 23.5 Å². The van der Waals surface area contributed by atoms with Crippen molar-refractivity contribution in [1.82, 2.24) is 14.5 Å². The predicted octanol–water partition coefficient (Wildman–Crippen LogP) is 6.89. The van der Waals surface area contributed by atoms with E-state index in [0.717, 1.165) is 6.07 Å². The molecule has 0 bridgehead atoms. The lowest BCUT2D eigenvalue weighted by Crippen LogP contribution is -2.41. The zero-order chi connectivity index (χ0) is 33.6. The molecule has 4 rings (SSSR count). The van der Waals surface area contributed by atoms with Gasteiger partial charge in [0.1, 0.15) is 0 Å². The molecule has 2 heterocycles. The Kier molecular flexibility index (Phi) is 10.3. The summed E-state index contributed by atoms with van der Waals surface area (Å²) in [5, 5.41) is 0.388. The zero-order valence-corrected chi connectivity index (χ0v) is 25.3. The molecule has 4 amide bonds. The lowest BCUT2D eigenvalue weighted by Gasteiger charge is -2.23. The average Bonchev–Trinajstić information content (AvgIpc) is 3.40. The van der Waals surface area contributed by atoms with Crippen LogP contribution in [0.3, 0.4) is 0 Å². The number of aromatic nitrogens is 3. The summed E-state index contributed by atoms with van der Waals surface area (Å²) >= 11 is 0. The minimum Gasteiger partial charge on any atom is -0.449 e. The number of fused-ring (bicyclic) bond motifs is 3. The number of carbonyl (C=O) groups is 4. The maximum atomic E-state index is 13.7. The highest BCUT2D eigenvalue weighted by Gasteiger charge is 2.36. The van der Waals surface area contributed by atoms with Crippen LogP contribution >= 0.6 is 0 Å². The summed E-state index contributed by atoms with van der Waals surface area (Å²) < 4.78 is 63.0. The molecular formula is C30H30F3N5O8. The molecule has 16 heteroatoms. The summed E-state index contributed by atoms with van der Waals surface area (Å²) in [6, 6.07) is 9.66. The van der Waals surface area contributed by atoms with Gasteiger partial charge in [-0.3, -0.25) is 0 Å². The van der Waals surface area contributed by atoms with E-state index in [-0.39, 0.29) is 49.4 Å². The number of ether oxygens (including phenoxy) is 4. The fraction of sp³-hybridized carbons (Fsp3) is 0.333. The highest BCUT2D eigenvalue weighted by molar-refractivity contribution is 6.20. The number of nitrogens with zero attached hydrogens (tertiary/aromatic N) is 5. The van der Waals surface area contributed by atoms with Crippen LogP contribution in [0.2, 0.25) is 0 Å². The number of carbonyl (C=O) groups excluding carboxylic acids is 4. The zero-order valence-electron chi connectivity index (χ0n) is 25.3. The summed E-state index contributed by atoms with van der Waals surface area (Å²) in [5.41, 5.74) is -0.376. The van der Waals surface area contributed by atoms with Gasteiger partial charge in [0.25, 0.3) is 0 Å². The Bertz CT molecular complexity index is 1740. The molecule has 0 atom stereocenters. The molecule has 0 radical (unpaired) electrons. The van der Waals surface area contributed by atoms with Crippen LogP contribution in [0.25, 0.3) is 21.8 Å². The van der Waals surface area contributed by atoms with Crippen LogP contribution in [-0.4, -0.2) is 65.3 Å². The van der Waals surface area contributed by atoms with Gasteiger partial charge in [-0.2, -0.15) is 23.1 Å². The van der Waals surface area contributed by atoms with Gasteiger partial charge in [0.2, 0.25) is 5.95 Å². The van der Waals surface area contributed by atoms with E-state index in [0.29, 0.717) is 20.7 Å². The van der Waals surface area contributed by atoms with Crippen molar-refractivity contribution in [3.63, 3.8) is 0 Å². The van der Waals surface area contributed by atoms with Crippen molar-refractivity contribution in [1.29, 1.82) is 0 Å². The highest BCUT2D eigenvalue weighted by atomic mass is 19.4. The van der Waals surface area contributed by atoms with Crippen LogP contribution in [0.4, 0.5) is 44.1 Å². The first-order chi connectivity index (χ1) is 22.0. The number of amides is 4. The van der Waals surface area contributed by atoms with Crippen molar-refractivity contribution in [2.75, 3.05) is 36.2 Å². The van der Waals surface area contributed by atoms with E-state index >= 15 is 0 Å². The van der Waals surface area contributed by atoms with E-state index in [1.807, 2.05) is 0 Å². The molecule has 2 aromatic carbocycles. The van der Waals surface area contributed by atoms with Gasteiger partial charge in [-0.1, -0.05) is 18.2 Å². The summed E-state index contributed by atoms with van der Waals surface area (Å²) in [6.07, 6.45) is -7.84. The highest BCUT2D eigenvalue weighted by Crippen LogP contribution is 2.36. The number of alkyl halides is 3. The lowest BCUT2D eigenvalue weighted by atomic mass is 10.1.